The maximum atomic E-state index is 15.1. The number of hydrogen-bond acceptors (Lipinski definition) is 5. The predicted molar refractivity (Wildman–Crippen MR) is 124 cm³/mol. The zero-order chi connectivity index (χ0) is 25.7. The van der Waals surface area contributed by atoms with Crippen LogP contribution in [0.15, 0.2) is 30.9 Å². The maximum Gasteiger partial charge on any atom is 0.254 e. The fourth-order valence-electron chi connectivity index (χ4n) is 6.22. The standard InChI is InChI=1S/C25H26ClF3N4O3/c26-15-1-2-16(27)19(20(15)28)21(24-3-5-25(29,11-24)6-4-24)33-22(35)13-7-17(18(34)8-13)32-23(36)14-9-30-12-31-10-14/h1-2,9-10,12-13,17-18,21,34H,3-8,11H2,(H,32,36)(H,33,35)/t13-,17-,18+,21?,24?,25?/m0/s1. The van der Waals surface area contributed by atoms with E-state index in [1.807, 2.05) is 0 Å². The first-order chi connectivity index (χ1) is 17.1. The minimum absolute atomic E-state index is 0.0509. The molecule has 11 heteroatoms. The van der Waals surface area contributed by atoms with E-state index in [0.29, 0.717) is 12.8 Å². The molecule has 0 saturated heterocycles. The largest absolute Gasteiger partial charge is 0.391 e. The van der Waals surface area contributed by atoms with Gasteiger partial charge in [-0.05, 0) is 62.5 Å². The lowest BCUT2D eigenvalue weighted by Gasteiger charge is -2.37. The van der Waals surface area contributed by atoms with Crippen molar-refractivity contribution >= 4 is 23.4 Å². The Hall–Kier alpha value is -2.72. The molecule has 0 aliphatic heterocycles. The maximum absolute atomic E-state index is 15.1. The first-order valence-corrected chi connectivity index (χ1v) is 12.4. The molecular weight excluding hydrogens is 497 g/mol. The van der Waals surface area contributed by atoms with Gasteiger partial charge in [0.2, 0.25) is 5.91 Å². The number of alkyl halides is 1. The highest BCUT2D eigenvalue weighted by Gasteiger charge is 2.59. The third kappa shape index (κ3) is 4.45. The van der Waals surface area contributed by atoms with Gasteiger partial charge in [-0.1, -0.05) is 11.6 Å². The first-order valence-electron chi connectivity index (χ1n) is 12.0. The normalized spacial score (nSPS) is 31.9. The van der Waals surface area contributed by atoms with Crippen LogP contribution in [0, 0.1) is 23.0 Å². The van der Waals surface area contributed by atoms with Crippen molar-refractivity contribution in [1.29, 1.82) is 0 Å². The number of aromatic nitrogens is 2. The molecule has 36 heavy (non-hydrogen) atoms. The molecule has 7 nitrogen and oxygen atoms in total. The van der Waals surface area contributed by atoms with E-state index in [9.17, 15) is 19.1 Å². The molecule has 3 N–H and O–H groups in total. The molecule has 0 spiro atoms. The van der Waals surface area contributed by atoms with Gasteiger partial charge in [-0.25, -0.2) is 23.1 Å². The molecule has 2 aromatic rings. The zero-order valence-corrected chi connectivity index (χ0v) is 20.1. The van der Waals surface area contributed by atoms with Gasteiger partial charge >= 0.3 is 0 Å². The number of hydrogen-bond donors (Lipinski definition) is 3. The minimum Gasteiger partial charge on any atom is -0.391 e. The fraction of sp³-hybridized carbons (Fsp3) is 0.520. The molecule has 3 aliphatic rings. The summed E-state index contributed by atoms with van der Waals surface area (Å²) >= 11 is 5.95. The average molecular weight is 523 g/mol. The number of carbonyl (C=O) groups is 2. The monoisotopic (exact) mass is 522 g/mol. The SMILES string of the molecule is O=C(N[C@H]1C[C@H](C(=O)NC(c2c(F)ccc(Cl)c2F)C23CCC(F)(CC2)C3)C[C@H]1O)c1cncnc1. The Kier molecular flexibility index (Phi) is 6.45. The van der Waals surface area contributed by atoms with Crippen LogP contribution in [0.5, 0.6) is 0 Å². The summed E-state index contributed by atoms with van der Waals surface area (Å²) in [5.74, 6) is -3.56. The van der Waals surface area contributed by atoms with Crippen molar-refractivity contribution in [3.05, 3.63) is 58.6 Å². The molecule has 2 bridgehead atoms. The van der Waals surface area contributed by atoms with Gasteiger partial charge in [-0.3, -0.25) is 9.59 Å². The molecule has 1 heterocycles. The topological polar surface area (TPSA) is 104 Å². The number of nitrogens with one attached hydrogen (secondary N) is 2. The number of aliphatic hydroxyl groups is 1. The van der Waals surface area contributed by atoms with Gasteiger partial charge in [-0.2, -0.15) is 0 Å². The number of amides is 2. The number of aliphatic hydroxyl groups excluding tert-OH is 1. The van der Waals surface area contributed by atoms with Gasteiger partial charge in [-0.15, -0.1) is 0 Å². The molecule has 3 aliphatic carbocycles. The van der Waals surface area contributed by atoms with E-state index in [4.69, 9.17) is 11.6 Å². The van der Waals surface area contributed by atoms with Crippen LogP contribution < -0.4 is 10.6 Å². The molecule has 1 unspecified atom stereocenters. The summed E-state index contributed by atoms with van der Waals surface area (Å²) in [5.41, 5.74) is -2.40. The molecule has 4 atom stereocenters. The Labute approximate surface area is 210 Å². The Morgan fingerprint density at radius 3 is 2.44 bits per heavy atom. The molecule has 1 aromatic carbocycles. The molecule has 192 valence electrons. The highest BCUT2D eigenvalue weighted by Crippen LogP contribution is 2.63. The van der Waals surface area contributed by atoms with Gasteiger partial charge < -0.3 is 15.7 Å². The van der Waals surface area contributed by atoms with Crippen molar-refractivity contribution in [3.8, 4) is 0 Å². The van der Waals surface area contributed by atoms with Gasteiger partial charge in [0, 0.05) is 23.9 Å². The summed E-state index contributed by atoms with van der Waals surface area (Å²) in [6.07, 6.45) is 4.52. The van der Waals surface area contributed by atoms with Crippen LogP contribution in [0.25, 0.3) is 0 Å². The summed E-state index contributed by atoms with van der Waals surface area (Å²) in [6, 6.07) is 0.326. The van der Waals surface area contributed by atoms with Crippen LogP contribution in [0.4, 0.5) is 13.2 Å². The molecular formula is C25H26ClF3N4O3. The first kappa shape index (κ1) is 25.0. The highest BCUT2D eigenvalue weighted by atomic mass is 35.5. The summed E-state index contributed by atoms with van der Waals surface area (Å²) < 4.78 is 45.2. The average Bonchev–Trinajstić information content (AvgIpc) is 3.52. The van der Waals surface area contributed by atoms with Crippen molar-refractivity contribution in [1.82, 2.24) is 20.6 Å². The predicted octanol–water partition coefficient (Wildman–Crippen LogP) is 3.81. The Bertz CT molecular complexity index is 1180. The Balaban J connectivity index is 1.36. The van der Waals surface area contributed by atoms with E-state index in [2.05, 4.69) is 20.6 Å². The van der Waals surface area contributed by atoms with Crippen molar-refractivity contribution in [2.24, 2.45) is 11.3 Å². The number of nitrogens with zero attached hydrogens (tertiary/aromatic N) is 2. The zero-order valence-electron chi connectivity index (χ0n) is 19.3. The number of rotatable bonds is 6. The Morgan fingerprint density at radius 1 is 1.11 bits per heavy atom. The number of halogens is 4. The van der Waals surface area contributed by atoms with E-state index >= 15 is 8.78 Å². The van der Waals surface area contributed by atoms with E-state index in [0.717, 1.165) is 12.1 Å². The number of benzene rings is 1. The third-order valence-corrected chi connectivity index (χ3v) is 8.41. The van der Waals surface area contributed by atoms with Crippen LogP contribution in [-0.2, 0) is 4.79 Å². The van der Waals surface area contributed by atoms with Crippen molar-refractivity contribution in [2.45, 2.75) is 68.8 Å². The number of fused-ring (bicyclic) bond motifs is 2. The van der Waals surface area contributed by atoms with Crippen molar-refractivity contribution in [2.75, 3.05) is 0 Å². The summed E-state index contributed by atoms with van der Waals surface area (Å²) in [6.45, 7) is 0. The van der Waals surface area contributed by atoms with E-state index < -0.39 is 58.6 Å². The Morgan fingerprint density at radius 2 is 1.81 bits per heavy atom. The van der Waals surface area contributed by atoms with Gasteiger partial charge in [0.15, 0.2) is 0 Å². The molecule has 2 amide bonds. The van der Waals surface area contributed by atoms with Crippen LogP contribution in [-0.4, -0.2) is 44.7 Å². The fourth-order valence-corrected chi connectivity index (χ4v) is 6.39. The van der Waals surface area contributed by atoms with Gasteiger partial charge in [0.05, 0.1) is 28.8 Å². The second kappa shape index (κ2) is 9.30. The minimum atomic E-state index is -1.41. The molecule has 5 rings (SSSR count). The van der Waals surface area contributed by atoms with Crippen LogP contribution >= 0.6 is 11.6 Å². The summed E-state index contributed by atoms with van der Waals surface area (Å²) in [4.78, 5) is 33.4. The van der Waals surface area contributed by atoms with Gasteiger partial charge in [0.25, 0.3) is 5.91 Å². The number of carbonyl (C=O) groups excluding carboxylic acids is 2. The van der Waals surface area contributed by atoms with Crippen LogP contribution in [0.1, 0.15) is 66.9 Å². The third-order valence-electron chi connectivity index (χ3n) is 8.12. The van der Waals surface area contributed by atoms with E-state index in [1.54, 1.807) is 0 Å². The highest BCUT2D eigenvalue weighted by molar-refractivity contribution is 6.30. The lowest BCUT2D eigenvalue weighted by Crippen LogP contribution is -2.43. The van der Waals surface area contributed by atoms with Crippen molar-refractivity contribution < 1.29 is 27.9 Å². The van der Waals surface area contributed by atoms with E-state index in [-0.39, 0.29) is 48.3 Å². The van der Waals surface area contributed by atoms with Crippen molar-refractivity contribution in [3.63, 3.8) is 0 Å². The lowest BCUT2D eigenvalue weighted by atomic mass is 9.74. The van der Waals surface area contributed by atoms with Crippen LogP contribution in [0.2, 0.25) is 5.02 Å². The van der Waals surface area contributed by atoms with Crippen LogP contribution in [0.3, 0.4) is 0 Å². The lowest BCUT2D eigenvalue weighted by molar-refractivity contribution is -0.127. The molecule has 0 radical (unpaired) electrons. The molecule has 3 fully saturated rings. The smallest absolute Gasteiger partial charge is 0.254 e. The quantitative estimate of drug-likeness (QED) is 0.501. The molecule has 3 saturated carbocycles. The van der Waals surface area contributed by atoms with Gasteiger partial charge in [0.1, 0.15) is 23.6 Å². The molecule has 1 aromatic heterocycles. The summed E-state index contributed by atoms with van der Waals surface area (Å²) in [7, 11) is 0. The second-order valence-corrected chi connectivity index (χ2v) is 10.7. The van der Waals surface area contributed by atoms with E-state index in [1.165, 1.54) is 18.7 Å². The summed E-state index contributed by atoms with van der Waals surface area (Å²) in [5, 5.41) is 15.7. The second-order valence-electron chi connectivity index (χ2n) is 10.3.